The van der Waals surface area contributed by atoms with E-state index in [9.17, 15) is 0 Å². The van der Waals surface area contributed by atoms with Crippen LogP contribution >= 0.6 is 11.3 Å². The molecule has 12 aromatic rings. The van der Waals surface area contributed by atoms with Crippen LogP contribution in [0.2, 0.25) is 0 Å². The molecule has 0 N–H and O–H groups in total. The number of benzene rings is 10. The van der Waals surface area contributed by atoms with Gasteiger partial charge in [0, 0.05) is 36.9 Å². The van der Waals surface area contributed by atoms with Gasteiger partial charge in [0.2, 0.25) is 0 Å². The summed E-state index contributed by atoms with van der Waals surface area (Å²) in [5.74, 6) is 0.711. The summed E-state index contributed by atoms with van der Waals surface area (Å²) in [4.78, 5) is 10.7. The van der Waals surface area contributed by atoms with Crippen LogP contribution in [-0.4, -0.2) is 9.97 Å². The van der Waals surface area contributed by atoms with Crippen molar-refractivity contribution in [2.45, 2.75) is 0 Å². The first-order valence-corrected chi connectivity index (χ1v) is 20.9. The van der Waals surface area contributed by atoms with Gasteiger partial charge in [0.25, 0.3) is 0 Å². The lowest BCUT2D eigenvalue weighted by Gasteiger charge is -2.21. The first kappa shape index (κ1) is 33.7. The Kier molecular flexibility index (Phi) is 7.75. The lowest BCUT2D eigenvalue weighted by molar-refractivity contribution is 1.19. The summed E-state index contributed by atoms with van der Waals surface area (Å²) in [7, 11) is 0. The number of aromatic nitrogens is 2. The second kappa shape index (κ2) is 13.6. The van der Waals surface area contributed by atoms with Gasteiger partial charge in [-0.2, -0.15) is 0 Å². The first-order valence-electron chi connectivity index (χ1n) is 20.1. The van der Waals surface area contributed by atoms with E-state index in [1.807, 2.05) is 17.4 Å². The number of hydrogen-bond acceptors (Lipinski definition) is 3. The van der Waals surface area contributed by atoms with Crippen molar-refractivity contribution in [2.24, 2.45) is 0 Å². The Balaban J connectivity index is 1.14. The SMILES string of the molecule is c1ccc(-c2nc(-c3ccc(-c4c5ccccc5c(-c5ccccc5)c5c4ccc4ccccc45)c4ccccc34)cc(-c3cccc4sc5ccccc5c34)n2)cc1. The zero-order valence-electron chi connectivity index (χ0n) is 31.9. The molecule has 0 spiro atoms. The van der Waals surface area contributed by atoms with Crippen LogP contribution in [0.3, 0.4) is 0 Å². The van der Waals surface area contributed by atoms with E-state index in [0.29, 0.717) is 5.82 Å². The monoisotopic (exact) mass is 766 g/mol. The molecule has 0 amide bonds. The van der Waals surface area contributed by atoms with Crippen molar-refractivity contribution in [1.82, 2.24) is 9.97 Å². The molecule has 59 heavy (non-hydrogen) atoms. The molecule has 0 fully saturated rings. The summed E-state index contributed by atoms with van der Waals surface area (Å²) in [6.45, 7) is 0. The van der Waals surface area contributed by atoms with Crippen LogP contribution in [0.15, 0.2) is 206 Å². The maximum Gasteiger partial charge on any atom is 0.160 e. The second-order valence-electron chi connectivity index (χ2n) is 15.2. The number of fused-ring (bicyclic) bond motifs is 8. The molecule has 0 saturated heterocycles. The molecule has 2 nitrogen and oxygen atoms in total. The lowest BCUT2D eigenvalue weighted by atomic mass is 9.82. The standard InChI is InChI=1S/C56H34N2S/c1-3-17-36(18-4-1)52-42-24-11-12-25-43(42)53(47-31-30-35-16-7-8-21-38(35)55(47)52)44-33-32-41(39-22-9-10-23-40(39)44)48-34-49(58-56(57-48)37-19-5-2-6-20-37)45-27-15-29-51-54(45)46-26-13-14-28-50(46)59-51/h1-34H. The second-order valence-corrected chi connectivity index (χ2v) is 16.3. The van der Waals surface area contributed by atoms with Crippen molar-refractivity contribution < 1.29 is 0 Å². The third-order valence-electron chi connectivity index (χ3n) is 11.9. The average molecular weight is 767 g/mol. The van der Waals surface area contributed by atoms with E-state index in [4.69, 9.17) is 9.97 Å². The van der Waals surface area contributed by atoms with Crippen molar-refractivity contribution in [1.29, 1.82) is 0 Å². The van der Waals surface area contributed by atoms with Crippen LogP contribution in [0.1, 0.15) is 0 Å². The molecule has 0 radical (unpaired) electrons. The molecule has 0 aliphatic rings. The predicted octanol–water partition coefficient (Wildman–Crippen LogP) is 15.8. The topological polar surface area (TPSA) is 25.8 Å². The Labute approximate surface area is 345 Å². The van der Waals surface area contributed by atoms with Gasteiger partial charge >= 0.3 is 0 Å². The molecule has 2 heterocycles. The molecule has 0 saturated carbocycles. The largest absolute Gasteiger partial charge is 0.228 e. The minimum atomic E-state index is 0.711. The molecule has 0 bridgehead atoms. The van der Waals surface area contributed by atoms with Crippen molar-refractivity contribution in [3.05, 3.63) is 206 Å². The first-order chi connectivity index (χ1) is 29.3. The fraction of sp³-hybridized carbons (Fsp3) is 0. The van der Waals surface area contributed by atoms with Crippen LogP contribution < -0.4 is 0 Å². The van der Waals surface area contributed by atoms with Gasteiger partial charge in [0.15, 0.2) is 5.82 Å². The Hall–Kier alpha value is -7.46. The molecule has 2 aromatic heterocycles. The van der Waals surface area contributed by atoms with Gasteiger partial charge in [0.05, 0.1) is 11.4 Å². The molecular formula is C56H34N2S. The van der Waals surface area contributed by atoms with Crippen LogP contribution in [0, 0.1) is 0 Å². The summed E-state index contributed by atoms with van der Waals surface area (Å²) < 4.78 is 2.53. The highest BCUT2D eigenvalue weighted by atomic mass is 32.1. The van der Waals surface area contributed by atoms with Crippen molar-refractivity contribution >= 4 is 74.6 Å². The number of rotatable bonds is 5. The maximum atomic E-state index is 5.35. The van der Waals surface area contributed by atoms with Crippen molar-refractivity contribution in [3.8, 4) is 56.2 Å². The molecule has 0 atom stereocenters. The molecule has 3 heteroatoms. The number of hydrogen-bond donors (Lipinski definition) is 0. The highest BCUT2D eigenvalue weighted by Crippen LogP contribution is 2.49. The van der Waals surface area contributed by atoms with Crippen LogP contribution in [0.5, 0.6) is 0 Å². The lowest BCUT2D eigenvalue weighted by Crippen LogP contribution is -1.97. The van der Waals surface area contributed by atoms with Gasteiger partial charge in [0.1, 0.15) is 0 Å². The maximum absolute atomic E-state index is 5.35. The summed E-state index contributed by atoms with van der Waals surface area (Å²) in [6.07, 6.45) is 0. The van der Waals surface area contributed by atoms with Crippen molar-refractivity contribution in [2.75, 3.05) is 0 Å². The van der Waals surface area contributed by atoms with E-state index in [1.165, 1.54) is 80.1 Å². The van der Waals surface area contributed by atoms with Gasteiger partial charge in [-0.05, 0) is 83.5 Å². The summed E-state index contributed by atoms with van der Waals surface area (Å²) in [5, 5.41) is 12.3. The summed E-state index contributed by atoms with van der Waals surface area (Å²) >= 11 is 1.83. The number of thiophene rings is 1. The zero-order valence-corrected chi connectivity index (χ0v) is 32.7. The minimum Gasteiger partial charge on any atom is -0.228 e. The normalized spacial score (nSPS) is 11.7. The summed E-state index contributed by atoms with van der Waals surface area (Å²) in [5.41, 5.74) is 9.93. The highest BCUT2D eigenvalue weighted by Gasteiger charge is 2.22. The fourth-order valence-corrected chi connectivity index (χ4v) is 10.4. The van der Waals surface area contributed by atoms with E-state index >= 15 is 0 Å². The Morgan fingerprint density at radius 3 is 1.63 bits per heavy atom. The third kappa shape index (κ3) is 5.40. The Morgan fingerprint density at radius 1 is 0.305 bits per heavy atom. The predicted molar refractivity (Wildman–Crippen MR) is 252 cm³/mol. The molecule has 0 aliphatic carbocycles. The molecule has 0 unspecified atom stereocenters. The smallest absolute Gasteiger partial charge is 0.160 e. The molecule has 10 aromatic carbocycles. The molecule has 12 rings (SSSR count). The Morgan fingerprint density at radius 2 is 0.864 bits per heavy atom. The minimum absolute atomic E-state index is 0.711. The van der Waals surface area contributed by atoms with Gasteiger partial charge < -0.3 is 0 Å². The van der Waals surface area contributed by atoms with E-state index in [-0.39, 0.29) is 0 Å². The molecular weight excluding hydrogens is 733 g/mol. The van der Waals surface area contributed by atoms with E-state index in [1.54, 1.807) is 0 Å². The quantitative estimate of drug-likeness (QED) is 0.129. The van der Waals surface area contributed by atoms with Crippen LogP contribution in [0.25, 0.3) is 119 Å². The van der Waals surface area contributed by atoms with Gasteiger partial charge in [-0.1, -0.05) is 188 Å². The van der Waals surface area contributed by atoms with Gasteiger partial charge in [-0.25, -0.2) is 9.97 Å². The van der Waals surface area contributed by atoms with Gasteiger partial charge in [-0.3, -0.25) is 0 Å². The summed E-state index contributed by atoms with van der Waals surface area (Å²) in [6, 6.07) is 74.5. The fourth-order valence-electron chi connectivity index (χ4n) is 9.31. The van der Waals surface area contributed by atoms with E-state index in [0.717, 1.165) is 33.5 Å². The average Bonchev–Trinajstić information content (AvgIpc) is 3.70. The highest BCUT2D eigenvalue weighted by molar-refractivity contribution is 7.25. The molecule has 0 aliphatic heterocycles. The van der Waals surface area contributed by atoms with Crippen LogP contribution in [-0.2, 0) is 0 Å². The van der Waals surface area contributed by atoms with E-state index in [2.05, 4.69) is 200 Å². The Bertz CT molecular complexity index is 3610. The molecule has 274 valence electrons. The van der Waals surface area contributed by atoms with Crippen molar-refractivity contribution in [3.63, 3.8) is 0 Å². The van der Waals surface area contributed by atoms with Gasteiger partial charge in [-0.15, -0.1) is 11.3 Å². The number of nitrogens with zero attached hydrogens (tertiary/aromatic N) is 2. The zero-order chi connectivity index (χ0) is 38.9. The third-order valence-corrected chi connectivity index (χ3v) is 13.0. The van der Waals surface area contributed by atoms with Crippen LogP contribution in [0.4, 0.5) is 0 Å². The van der Waals surface area contributed by atoms with E-state index < -0.39 is 0 Å².